The minimum Gasteiger partial charge on any atom is -0.497 e. The first-order chi connectivity index (χ1) is 12.0. The first kappa shape index (κ1) is 24.2. The van der Waals surface area contributed by atoms with E-state index in [1.807, 2.05) is 12.1 Å². The number of amides is 1. The van der Waals surface area contributed by atoms with Crippen LogP contribution >= 0.6 is 24.0 Å². The molecule has 1 aromatic rings. The summed E-state index contributed by atoms with van der Waals surface area (Å²) in [7, 11) is 5.11. The number of rotatable bonds is 9. The van der Waals surface area contributed by atoms with Crippen LogP contribution in [0.2, 0.25) is 0 Å². The molecule has 0 aliphatic heterocycles. The van der Waals surface area contributed by atoms with E-state index in [4.69, 9.17) is 4.74 Å². The van der Waals surface area contributed by atoms with Gasteiger partial charge in [0.15, 0.2) is 5.96 Å². The Bertz CT molecular complexity index is 573. The van der Waals surface area contributed by atoms with E-state index in [2.05, 4.69) is 41.3 Å². The number of hydrogen-bond acceptors (Lipinski definition) is 3. The highest BCUT2D eigenvalue weighted by atomic mass is 127. The number of hydrogen-bond donors (Lipinski definition) is 2. The van der Waals surface area contributed by atoms with Gasteiger partial charge in [0, 0.05) is 27.2 Å². The lowest BCUT2D eigenvalue weighted by atomic mass is 9.98. The molecule has 0 spiro atoms. The van der Waals surface area contributed by atoms with E-state index in [-0.39, 0.29) is 36.4 Å². The highest BCUT2D eigenvalue weighted by Crippen LogP contribution is 2.21. The molecule has 1 unspecified atom stereocenters. The smallest absolute Gasteiger partial charge is 0.243 e. The number of nitrogens with zero attached hydrogens (tertiary/aromatic N) is 2. The van der Waals surface area contributed by atoms with E-state index >= 15 is 0 Å². The van der Waals surface area contributed by atoms with Crippen molar-refractivity contribution in [2.45, 2.75) is 19.3 Å². The second-order valence-corrected chi connectivity index (χ2v) is 6.01. The Morgan fingerprint density at radius 1 is 1.31 bits per heavy atom. The van der Waals surface area contributed by atoms with E-state index < -0.39 is 0 Å². The summed E-state index contributed by atoms with van der Waals surface area (Å²) in [6.07, 6.45) is 2.70. The Morgan fingerprint density at radius 3 is 2.50 bits per heavy atom. The summed E-state index contributed by atoms with van der Waals surface area (Å²) in [5.74, 6) is 1.86. The van der Waals surface area contributed by atoms with Gasteiger partial charge in [0.2, 0.25) is 5.91 Å². The molecule has 0 radical (unpaired) electrons. The van der Waals surface area contributed by atoms with Crippen LogP contribution in [0, 0.1) is 0 Å². The molecule has 146 valence electrons. The maximum absolute atomic E-state index is 11.7. The van der Waals surface area contributed by atoms with Gasteiger partial charge in [0.05, 0.1) is 7.11 Å². The number of nitrogens with one attached hydrogen (secondary N) is 2. The summed E-state index contributed by atoms with van der Waals surface area (Å²) in [5.41, 5.74) is 1.27. The molecule has 0 aliphatic rings. The molecule has 1 atom stereocenters. The maximum atomic E-state index is 11.7. The fourth-order valence-electron chi connectivity index (χ4n) is 2.14. The Kier molecular flexibility index (Phi) is 12.5. The third-order valence-electron chi connectivity index (χ3n) is 3.84. The average Bonchev–Trinajstić information content (AvgIpc) is 2.62. The normalized spacial score (nSPS) is 11.8. The first-order valence-electron chi connectivity index (χ1n) is 8.45. The molecule has 0 fully saturated rings. The Hall–Kier alpha value is -1.77. The molecule has 1 aromatic carbocycles. The lowest BCUT2D eigenvalue weighted by molar-refractivity contribution is -0.127. The number of benzene rings is 1. The molecule has 0 aliphatic carbocycles. The molecule has 2 N–H and O–H groups in total. The number of likely N-dealkylation sites (N-methyl/N-ethyl adjacent to an activating group) is 1. The van der Waals surface area contributed by atoms with Crippen LogP contribution < -0.4 is 15.4 Å². The van der Waals surface area contributed by atoms with Crippen molar-refractivity contribution in [1.29, 1.82) is 0 Å². The van der Waals surface area contributed by atoms with Gasteiger partial charge in [-0.05, 0) is 30.0 Å². The summed E-state index contributed by atoms with van der Waals surface area (Å²) < 4.78 is 5.19. The van der Waals surface area contributed by atoms with Gasteiger partial charge in [0.25, 0.3) is 0 Å². The Balaban J connectivity index is 0.00000625. The zero-order chi connectivity index (χ0) is 18.7. The molecule has 26 heavy (non-hydrogen) atoms. The fraction of sp³-hybridized carbons (Fsp3) is 0.474. The summed E-state index contributed by atoms with van der Waals surface area (Å²) in [5, 5.41) is 6.39. The fourth-order valence-corrected chi connectivity index (χ4v) is 2.14. The van der Waals surface area contributed by atoms with Crippen molar-refractivity contribution in [1.82, 2.24) is 15.5 Å². The molecular weight excluding hydrogens is 443 g/mol. The topological polar surface area (TPSA) is 66.0 Å². The minimum absolute atomic E-state index is 0. The van der Waals surface area contributed by atoms with Crippen molar-refractivity contribution in [3.05, 3.63) is 42.5 Å². The SMILES string of the molecule is C=CCNC(=NCC(=O)N(C)C)NCCC(C)c1ccc(OC)cc1.I. The minimum atomic E-state index is -0.0358. The number of methoxy groups -OCH3 is 1. The van der Waals surface area contributed by atoms with Crippen LogP contribution in [0.5, 0.6) is 5.75 Å². The highest BCUT2D eigenvalue weighted by molar-refractivity contribution is 14.0. The number of guanidine groups is 1. The molecule has 0 aromatic heterocycles. The summed E-state index contributed by atoms with van der Waals surface area (Å²) in [6.45, 7) is 7.34. The molecule has 0 bridgehead atoms. The van der Waals surface area contributed by atoms with E-state index in [0.29, 0.717) is 18.4 Å². The van der Waals surface area contributed by atoms with Crippen LogP contribution in [0.3, 0.4) is 0 Å². The average molecular weight is 474 g/mol. The molecular formula is C19H31IN4O2. The van der Waals surface area contributed by atoms with Crippen molar-refractivity contribution >= 4 is 35.8 Å². The van der Waals surface area contributed by atoms with Gasteiger partial charge >= 0.3 is 0 Å². The number of halogens is 1. The monoisotopic (exact) mass is 474 g/mol. The molecule has 0 saturated heterocycles. The van der Waals surface area contributed by atoms with Crippen molar-refractivity contribution < 1.29 is 9.53 Å². The van der Waals surface area contributed by atoms with Gasteiger partial charge in [-0.2, -0.15) is 0 Å². The van der Waals surface area contributed by atoms with Crippen molar-refractivity contribution in [2.75, 3.05) is 40.8 Å². The predicted octanol–water partition coefficient (Wildman–Crippen LogP) is 2.62. The molecule has 1 rings (SSSR count). The lowest BCUT2D eigenvalue weighted by Crippen LogP contribution is -2.39. The van der Waals surface area contributed by atoms with Crippen LogP contribution in [-0.4, -0.2) is 57.6 Å². The first-order valence-corrected chi connectivity index (χ1v) is 8.45. The van der Waals surface area contributed by atoms with Gasteiger partial charge < -0.3 is 20.3 Å². The van der Waals surface area contributed by atoms with E-state index in [1.165, 1.54) is 10.5 Å². The van der Waals surface area contributed by atoms with Crippen molar-refractivity contribution in [2.24, 2.45) is 4.99 Å². The Labute approximate surface area is 174 Å². The Morgan fingerprint density at radius 2 is 1.96 bits per heavy atom. The lowest BCUT2D eigenvalue weighted by Gasteiger charge is -2.16. The van der Waals surface area contributed by atoms with E-state index in [9.17, 15) is 4.79 Å². The third-order valence-corrected chi connectivity index (χ3v) is 3.84. The predicted molar refractivity (Wildman–Crippen MR) is 119 cm³/mol. The highest BCUT2D eigenvalue weighted by Gasteiger charge is 2.07. The largest absolute Gasteiger partial charge is 0.497 e. The quantitative estimate of drug-likeness (QED) is 0.250. The van der Waals surface area contributed by atoms with Gasteiger partial charge in [-0.15, -0.1) is 30.6 Å². The molecule has 0 heterocycles. The summed E-state index contributed by atoms with van der Waals surface area (Å²) in [6, 6.07) is 8.13. The number of aliphatic imine (C=N–C) groups is 1. The number of carbonyl (C=O) groups excluding carboxylic acids is 1. The standard InChI is InChI=1S/C19H30N4O2.HI/c1-6-12-20-19(22-14-18(24)23(3)4)21-13-11-15(2)16-7-9-17(25-5)10-8-16;/h6-10,15H,1,11-14H2,2-5H3,(H2,20,21,22);1H. The molecule has 0 saturated carbocycles. The maximum Gasteiger partial charge on any atom is 0.243 e. The van der Waals surface area contributed by atoms with Crippen molar-refractivity contribution in [3.8, 4) is 5.75 Å². The molecule has 1 amide bonds. The molecule has 6 nitrogen and oxygen atoms in total. The third kappa shape index (κ3) is 9.07. The van der Waals surface area contributed by atoms with Crippen molar-refractivity contribution in [3.63, 3.8) is 0 Å². The number of ether oxygens (including phenoxy) is 1. The van der Waals surface area contributed by atoms with E-state index in [0.717, 1.165) is 18.7 Å². The summed E-state index contributed by atoms with van der Waals surface area (Å²) in [4.78, 5) is 17.5. The van der Waals surface area contributed by atoms with Crippen LogP contribution in [0.15, 0.2) is 41.9 Å². The second-order valence-electron chi connectivity index (χ2n) is 6.01. The van der Waals surface area contributed by atoms with Crippen LogP contribution in [0.4, 0.5) is 0 Å². The molecule has 7 heteroatoms. The van der Waals surface area contributed by atoms with Gasteiger partial charge in [-0.3, -0.25) is 4.79 Å². The van der Waals surface area contributed by atoms with Crippen LogP contribution in [0.25, 0.3) is 0 Å². The van der Waals surface area contributed by atoms with E-state index in [1.54, 1.807) is 27.3 Å². The van der Waals surface area contributed by atoms with Gasteiger partial charge in [0.1, 0.15) is 12.3 Å². The zero-order valence-electron chi connectivity index (χ0n) is 16.1. The summed E-state index contributed by atoms with van der Waals surface area (Å²) >= 11 is 0. The van der Waals surface area contributed by atoms with Crippen LogP contribution in [0.1, 0.15) is 24.8 Å². The number of carbonyl (C=O) groups is 1. The second kappa shape index (κ2) is 13.4. The zero-order valence-corrected chi connectivity index (χ0v) is 18.4. The van der Waals surface area contributed by atoms with Gasteiger partial charge in [-0.1, -0.05) is 25.1 Å². The van der Waals surface area contributed by atoms with Gasteiger partial charge in [-0.25, -0.2) is 4.99 Å². The van der Waals surface area contributed by atoms with Crippen LogP contribution in [-0.2, 0) is 4.79 Å².